The fourth-order valence-electron chi connectivity index (χ4n) is 3.97. The Hall–Kier alpha value is -3.82. The van der Waals surface area contributed by atoms with Crippen LogP contribution in [0.4, 0.5) is 5.82 Å². The van der Waals surface area contributed by atoms with E-state index in [0.717, 1.165) is 10.8 Å². The molecular formula is C26H30N4O5. The van der Waals surface area contributed by atoms with Gasteiger partial charge in [0.2, 0.25) is 5.91 Å². The highest BCUT2D eigenvalue weighted by Crippen LogP contribution is 2.35. The number of hydrogen-bond acceptors (Lipinski definition) is 6. The molecule has 2 aromatic heterocycles. The molecule has 35 heavy (non-hydrogen) atoms. The summed E-state index contributed by atoms with van der Waals surface area (Å²) in [5.74, 6) is 1.13. The number of amides is 1. The Bertz CT molecular complexity index is 1290. The van der Waals surface area contributed by atoms with Gasteiger partial charge in [-0.15, -0.1) is 0 Å². The van der Waals surface area contributed by atoms with Crippen LogP contribution in [0, 0.1) is 5.92 Å². The SMILES string of the molecule is CC(C)C[C@@H](C(=O)Nc1ccn(C[C@@H](O)CO)n1)n1cc(Oc2cccc3ccccc23)cc1O. The fraction of sp³-hybridized carbons (Fsp3) is 0.308. The Morgan fingerprint density at radius 1 is 1.14 bits per heavy atom. The van der Waals surface area contributed by atoms with Gasteiger partial charge in [0.05, 0.1) is 25.5 Å². The number of anilines is 1. The van der Waals surface area contributed by atoms with Crippen LogP contribution >= 0.6 is 0 Å². The molecule has 9 heteroatoms. The lowest BCUT2D eigenvalue weighted by Crippen LogP contribution is -2.27. The van der Waals surface area contributed by atoms with Gasteiger partial charge < -0.3 is 29.9 Å². The number of nitrogens with one attached hydrogen (secondary N) is 1. The summed E-state index contributed by atoms with van der Waals surface area (Å²) in [6, 6.07) is 16.0. The summed E-state index contributed by atoms with van der Waals surface area (Å²) in [6.07, 6.45) is 2.77. The number of ether oxygens (including phenoxy) is 1. The van der Waals surface area contributed by atoms with Crippen molar-refractivity contribution in [2.45, 2.75) is 39.0 Å². The van der Waals surface area contributed by atoms with Crippen molar-refractivity contribution in [2.24, 2.45) is 5.92 Å². The van der Waals surface area contributed by atoms with Crippen molar-refractivity contribution >= 4 is 22.5 Å². The zero-order valence-electron chi connectivity index (χ0n) is 19.7. The normalized spacial score (nSPS) is 13.2. The molecule has 2 heterocycles. The lowest BCUT2D eigenvalue weighted by molar-refractivity contribution is -0.119. The number of nitrogens with zero attached hydrogens (tertiary/aromatic N) is 3. The Morgan fingerprint density at radius 3 is 2.69 bits per heavy atom. The van der Waals surface area contributed by atoms with Gasteiger partial charge in [-0.2, -0.15) is 5.10 Å². The largest absolute Gasteiger partial charge is 0.494 e. The number of aromatic nitrogens is 3. The molecule has 0 fully saturated rings. The van der Waals surface area contributed by atoms with E-state index < -0.39 is 12.1 Å². The van der Waals surface area contributed by atoms with Gasteiger partial charge in [-0.1, -0.05) is 50.2 Å². The quantitative estimate of drug-likeness (QED) is 0.274. The lowest BCUT2D eigenvalue weighted by atomic mass is 10.0. The molecule has 2 atom stereocenters. The van der Waals surface area contributed by atoms with E-state index in [1.807, 2.05) is 56.3 Å². The van der Waals surface area contributed by atoms with Crippen molar-refractivity contribution in [3.63, 3.8) is 0 Å². The molecule has 0 aliphatic carbocycles. The standard InChI is InChI=1S/C26H30N4O5/c1-17(2)12-22(26(34)27-24-10-11-29(28-24)14-19(32)16-31)30-15-20(13-25(30)33)35-23-9-5-7-18-6-3-4-8-21(18)23/h3-11,13,15,17,19,22,31-33H,12,14,16H2,1-2H3,(H,27,28,34)/t19-,22+/m1/s1. The maximum Gasteiger partial charge on any atom is 0.248 e. The number of hydrogen-bond donors (Lipinski definition) is 4. The fourth-order valence-corrected chi connectivity index (χ4v) is 3.97. The summed E-state index contributed by atoms with van der Waals surface area (Å²) in [5.41, 5.74) is 0. The molecular weight excluding hydrogens is 448 g/mol. The maximum atomic E-state index is 13.2. The van der Waals surface area contributed by atoms with E-state index >= 15 is 0 Å². The van der Waals surface area contributed by atoms with Crippen LogP contribution in [0.3, 0.4) is 0 Å². The highest BCUT2D eigenvalue weighted by atomic mass is 16.5. The van der Waals surface area contributed by atoms with E-state index in [-0.39, 0.29) is 30.9 Å². The first-order valence-corrected chi connectivity index (χ1v) is 11.5. The number of aliphatic hydroxyl groups is 2. The molecule has 0 aliphatic heterocycles. The number of carbonyl (C=O) groups is 1. The third-order valence-electron chi connectivity index (χ3n) is 5.61. The highest BCUT2D eigenvalue weighted by molar-refractivity contribution is 5.93. The molecule has 0 aliphatic rings. The number of aromatic hydroxyl groups is 1. The minimum atomic E-state index is -0.941. The van der Waals surface area contributed by atoms with E-state index in [1.54, 1.807) is 18.5 Å². The monoisotopic (exact) mass is 478 g/mol. The van der Waals surface area contributed by atoms with Crippen LogP contribution in [0.5, 0.6) is 17.4 Å². The first kappa shape index (κ1) is 24.3. The smallest absolute Gasteiger partial charge is 0.248 e. The molecule has 0 spiro atoms. The predicted molar refractivity (Wildman–Crippen MR) is 133 cm³/mol. The molecule has 1 amide bonds. The average molecular weight is 479 g/mol. The highest BCUT2D eigenvalue weighted by Gasteiger charge is 2.25. The van der Waals surface area contributed by atoms with Gasteiger partial charge in [0.25, 0.3) is 0 Å². The number of carbonyl (C=O) groups excluding carboxylic acids is 1. The lowest BCUT2D eigenvalue weighted by Gasteiger charge is -2.20. The first-order valence-electron chi connectivity index (χ1n) is 11.5. The van der Waals surface area contributed by atoms with E-state index in [2.05, 4.69) is 10.4 Å². The van der Waals surface area contributed by atoms with Crippen LogP contribution in [-0.2, 0) is 11.3 Å². The van der Waals surface area contributed by atoms with Gasteiger partial charge in [-0.25, -0.2) is 0 Å². The van der Waals surface area contributed by atoms with Gasteiger partial charge in [0.15, 0.2) is 11.7 Å². The van der Waals surface area contributed by atoms with Gasteiger partial charge in [0, 0.05) is 23.7 Å². The Kier molecular flexibility index (Phi) is 7.38. The first-order chi connectivity index (χ1) is 16.8. The summed E-state index contributed by atoms with van der Waals surface area (Å²) in [5, 5.41) is 38.3. The van der Waals surface area contributed by atoms with Gasteiger partial charge >= 0.3 is 0 Å². The van der Waals surface area contributed by atoms with Crippen LogP contribution in [0.1, 0.15) is 26.3 Å². The average Bonchev–Trinajstić information content (AvgIpc) is 3.42. The van der Waals surface area contributed by atoms with Crippen molar-refractivity contribution in [3.8, 4) is 17.4 Å². The zero-order chi connectivity index (χ0) is 24.9. The van der Waals surface area contributed by atoms with E-state index in [1.165, 1.54) is 15.3 Å². The summed E-state index contributed by atoms with van der Waals surface area (Å²) in [4.78, 5) is 13.2. The second-order valence-corrected chi connectivity index (χ2v) is 8.91. The number of aliphatic hydroxyl groups excluding tert-OH is 2. The Balaban J connectivity index is 1.55. The van der Waals surface area contributed by atoms with Crippen LogP contribution in [-0.4, -0.2) is 48.3 Å². The van der Waals surface area contributed by atoms with Crippen LogP contribution in [0.2, 0.25) is 0 Å². The third kappa shape index (κ3) is 5.82. The molecule has 0 saturated heterocycles. The molecule has 0 saturated carbocycles. The number of rotatable bonds is 10. The second kappa shape index (κ2) is 10.6. The molecule has 4 aromatic rings. The molecule has 184 valence electrons. The Morgan fingerprint density at radius 2 is 1.91 bits per heavy atom. The Labute approximate surface area is 203 Å². The van der Waals surface area contributed by atoms with Crippen LogP contribution in [0.25, 0.3) is 10.8 Å². The molecule has 4 rings (SSSR count). The minimum Gasteiger partial charge on any atom is -0.494 e. The zero-order valence-corrected chi connectivity index (χ0v) is 19.7. The molecule has 0 radical (unpaired) electrons. The molecule has 4 N–H and O–H groups in total. The number of fused-ring (bicyclic) bond motifs is 1. The molecule has 0 bridgehead atoms. The predicted octanol–water partition coefficient (Wildman–Crippen LogP) is 3.91. The van der Waals surface area contributed by atoms with Gasteiger partial charge in [0.1, 0.15) is 17.5 Å². The summed E-state index contributed by atoms with van der Waals surface area (Å²) < 4.78 is 9.03. The van der Waals surface area contributed by atoms with Crippen molar-refractivity contribution in [1.29, 1.82) is 0 Å². The summed E-state index contributed by atoms with van der Waals surface area (Å²) >= 11 is 0. The van der Waals surface area contributed by atoms with E-state index in [0.29, 0.717) is 23.7 Å². The van der Waals surface area contributed by atoms with Crippen molar-refractivity contribution in [3.05, 3.63) is 67.0 Å². The second-order valence-electron chi connectivity index (χ2n) is 8.91. The molecule has 2 aromatic carbocycles. The van der Waals surface area contributed by atoms with Crippen molar-refractivity contribution in [2.75, 3.05) is 11.9 Å². The molecule has 0 unspecified atom stereocenters. The summed E-state index contributed by atoms with van der Waals surface area (Å²) in [7, 11) is 0. The summed E-state index contributed by atoms with van der Waals surface area (Å²) in [6.45, 7) is 3.72. The van der Waals surface area contributed by atoms with Crippen molar-refractivity contribution < 1.29 is 24.9 Å². The van der Waals surface area contributed by atoms with E-state index in [4.69, 9.17) is 9.84 Å². The van der Waals surface area contributed by atoms with Crippen LogP contribution < -0.4 is 10.1 Å². The third-order valence-corrected chi connectivity index (χ3v) is 5.61. The van der Waals surface area contributed by atoms with Gasteiger partial charge in [-0.05, 0) is 23.8 Å². The molecule has 9 nitrogen and oxygen atoms in total. The van der Waals surface area contributed by atoms with Crippen molar-refractivity contribution in [1.82, 2.24) is 14.3 Å². The van der Waals surface area contributed by atoms with Gasteiger partial charge in [-0.3, -0.25) is 9.48 Å². The maximum absolute atomic E-state index is 13.2. The number of benzene rings is 2. The van der Waals surface area contributed by atoms with E-state index in [9.17, 15) is 15.0 Å². The topological polar surface area (TPSA) is 122 Å². The van der Waals surface area contributed by atoms with Crippen LogP contribution in [0.15, 0.2) is 67.0 Å². The minimum absolute atomic E-state index is 0.0855.